The predicted molar refractivity (Wildman–Crippen MR) is 130 cm³/mol. The third-order valence-electron chi connectivity index (χ3n) is 7.17. The third kappa shape index (κ3) is 3.04. The van der Waals surface area contributed by atoms with E-state index in [0.717, 1.165) is 16.0 Å². The number of ether oxygens (including phenoxy) is 1. The van der Waals surface area contributed by atoms with Crippen molar-refractivity contribution in [3.8, 4) is 0 Å². The molecule has 3 aromatic rings. The van der Waals surface area contributed by atoms with Gasteiger partial charge in [-0.2, -0.15) is 5.10 Å². The number of esters is 1. The molecule has 3 aliphatic rings. The van der Waals surface area contributed by atoms with E-state index in [9.17, 15) is 19.2 Å². The minimum absolute atomic E-state index is 0.103. The molecule has 4 atom stereocenters. The van der Waals surface area contributed by atoms with Crippen LogP contribution in [0.4, 0.5) is 5.69 Å². The normalized spacial score (nSPS) is 23.8. The summed E-state index contributed by atoms with van der Waals surface area (Å²) in [5.74, 6) is -3.75. The van der Waals surface area contributed by atoms with Gasteiger partial charge in [0.25, 0.3) is 0 Å². The van der Waals surface area contributed by atoms with Crippen LogP contribution in [-0.2, 0) is 14.3 Å². The zero-order valence-corrected chi connectivity index (χ0v) is 19.3. The van der Waals surface area contributed by atoms with Gasteiger partial charge in [-0.3, -0.25) is 19.4 Å². The number of hydrazone groups is 1. The van der Waals surface area contributed by atoms with Crippen LogP contribution < -0.4 is 4.90 Å². The number of imide groups is 1. The van der Waals surface area contributed by atoms with E-state index in [1.165, 1.54) is 13.2 Å². The molecule has 36 heavy (non-hydrogen) atoms. The number of hydrogen-bond donors (Lipinski definition) is 0. The van der Waals surface area contributed by atoms with Crippen molar-refractivity contribution in [3.63, 3.8) is 0 Å². The molecular weight excluding hydrogens is 458 g/mol. The smallest absolute Gasteiger partial charge is 0.339 e. The fraction of sp³-hybridized carbons (Fsp3) is 0.179. The molecule has 8 nitrogen and oxygen atoms in total. The Kier molecular flexibility index (Phi) is 5.03. The maximum atomic E-state index is 14.0. The molecule has 0 aromatic heterocycles. The Morgan fingerprint density at radius 3 is 2.28 bits per heavy atom. The fourth-order valence-corrected chi connectivity index (χ4v) is 5.63. The Morgan fingerprint density at radius 1 is 0.833 bits per heavy atom. The Hall–Kier alpha value is -4.59. The van der Waals surface area contributed by atoms with E-state index in [1.807, 2.05) is 30.3 Å². The maximum absolute atomic E-state index is 14.0. The van der Waals surface area contributed by atoms with Gasteiger partial charge < -0.3 is 4.74 Å². The molecule has 2 amide bonds. The van der Waals surface area contributed by atoms with Crippen molar-refractivity contribution >= 4 is 35.5 Å². The summed E-state index contributed by atoms with van der Waals surface area (Å²) in [6, 6.07) is 21.0. The second-order valence-corrected chi connectivity index (χ2v) is 8.95. The fourth-order valence-electron chi connectivity index (χ4n) is 5.63. The first-order valence-corrected chi connectivity index (χ1v) is 11.6. The summed E-state index contributed by atoms with van der Waals surface area (Å²) < 4.78 is 4.88. The van der Waals surface area contributed by atoms with Gasteiger partial charge in [-0.05, 0) is 23.3 Å². The highest BCUT2D eigenvalue weighted by Crippen LogP contribution is 2.53. The van der Waals surface area contributed by atoms with Gasteiger partial charge in [0.15, 0.2) is 5.78 Å². The summed E-state index contributed by atoms with van der Waals surface area (Å²) >= 11 is 0. The standard InChI is InChI=1S/C28H21N3O5/c1-36-28(35)19-13-7-8-14-20(19)30-26(33)21-22(27(30)34)24(25(32)16-9-3-2-4-10-16)31-23(21)18-12-6-5-11-17(18)15-29-31/h2-15,21-24H,1H3/t21-,22+,23+,24+/m0/s1. The molecule has 3 aliphatic heterocycles. The van der Waals surface area contributed by atoms with Crippen LogP contribution in [0.25, 0.3) is 0 Å². The molecular formula is C28H21N3O5. The van der Waals surface area contributed by atoms with E-state index in [0.29, 0.717) is 5.56 Å². The minimum Gasteiger partial charge on any atom is -0.465 e. The van der Waals surface area contributed by atoms with Crippen LogP contribution in [0.15, 0.2) is 84.0 Å². The number of ketones is 1. The molecule has 0 bridgehead atoms. The van der Waals surface area contributed by atoms with E-state index in [2.05, 4.69) is 5.10 Å². The van der Waals surface area contributed by atoms with Gasteiger partial charge in [0.05, 0.1) is 42.5 Å². The number of benzene rings is 3. The summed E-state index contributed by atoms with van der Waals surface area (Å²) in [7, 11) is 1.24. The maximum Gasteiger partial charge on any atom is 0.339 e. The first-order chi connectivity index (χ1) is 17.5. The van der Waals surface area contributed by atoms with Crippen molar-refractivity contribution < 1.29 is 23.9 Å². The highest BCUT2D eigenvalue weighted by Gasteiger charge is 2.65. The Morgan fingerprint density at radius 2 is 1.50 bits per heavy atom. The molecule has 0 unspecified atom stereocenters. The van der Waals surface area contributed by atoms with Gasteiger partial charge in [-0.15, -0.1) is 0 Å². The molecule has 0 N–H and O–H groups in total. The van der Waals surface area contributed by atoms with Crippen molar-refractivity contribution in [2.45, 2.75) is 12.1 Å². The summed E-state index contributed by atoms with van der Waals surface area (Å²) in [5, 5.41) is 6.18. The molecule has 0 saturated carbocycles. The van der Waals surface area contributed by atoms with Crippen molar-refractivity contribution in [1.82, 2.24) is 5.01 Å². The summed E-state index contributed by atoms with van der Waals surface area (Å²) in [6.07, 6.45) is 1.66. The lowest BCUT2D eigenvalue weighted by Gasteiger charge is -2.34. The first-order valence-electron chi connectivity index (χ1n) is 11.6. The minimum atomic E-state index is -0.973. The summed E-state index contributed by atoms with van der Waals surface area (Å²) in [5.41, 5.74) is 2.35. The molecule has 3 aromatic carbocycles. The molecule has 0 aliphatic carbocycles. The lowest BCUT2D eigenvalue weighted by Crippen LogP contribution is -2.45. The van der Waals surface area contributed by atoms with E-state index in [4.69, 9.17) is 4.74 Å². The Bertz CT molecular complexity index is 1450. The number of nitrogens with zero attached hydrogens (tertiary/aromatic N) is 3. The van der Waals surface area contributed by atoms with Gasteiger partial charge in [0.1, 0.15) is 6.04 Å². The van der Waals surface area contributed by atoms with Crippen molar-refractivity contribution in [2.75, 3.05) is 12.0 Å². The molecule has 0 spiro atoms. The zero-order valence-electron chi connectivity index (χ0n) is 19.3. The van der Waals surface area contributed by atoms with Crippen LogP contribution in [0.1, 0.15) is 37.9 Å². The Balaban J connectivity index is 1.51. The molecule has 6 rings (SSSR count). The number of amides is 2. The number of methoxy groups -OCH3 is 1. The average molecular weight is 479 g/mol. The van der Waals surface area contributed by atoms with Crippen LogP contribution >= 0.6 is 0 Å². The van der Waals surface area contributed by atoms with Gasteiger partial charge >= 0.3 is 5.97 Å². The lowest BCUT2D eigenvalue weighted by atomic mass is 9.83. The van der Waals surface area contributed by atoms with Crippen LogP contribution in [-0.4, -0.2) is 47.9 Å². The van der Waals surface area contributed by atoms with E-state index in [1.54, 1.807) is 53.7 Å². The third-order valence-corrected chi connectivity index (χ3v) is 7.17. The number of rotatable bonds is 4. The van der Waals surface area contributed by atoms with E-state index in [-0.39, 0.29) is 17.0 Å². The highest BCUT2D eigenvalue weighted by molar-refractivity contribution is 6.26. The Labute approximate surface area is 206 Å². The predicted octanol–water partition coefficient (Wildman–Crippen LogP) is 3.23. The zero-order chi connectivity index (χ0) is 25.0. The van der Waals surface area contributed by atoms with Crippen LogP contribution in [0.5, 0.6) is 0 Å². The molecule has 2 fully saturated rings. The second-order valence-electron chi connectivity index (χ2n) is 8.95. The van der Waals surface area contributed by atoms with E-state index < -0.39 is 41.7 Å². The van der Waals surface area contributed by atoms with Crippen molar-refractivity contribution in [3.05, 3.63) is 101 Å². The van der Waals surface area contributed by atoms with Gasteiger partial charge in [-0.1, -0.05) is 66.7 Å². The SMILES string of the molecule is COC(=O)c1ccccc1N1C(=O)[C@@H]2[C@H](C1=O)[C@H]1c3ccccc3C=NN1[C@H]2C(=O)c1ccccc1. The van der Waals surface area contributed by atoms with Crippen LogP contribution in [0.2, 0.25) is 0 Å². The molecule has 2 saturated heterocycles. The number of fused-ring (bicyclic) bond motifs is 5. The number of hydrogen-bond acceptors (Lipinski definition) is 7. The molecule has 8 heteroatoms. The number of para-hydroxylation sites is 1. The van der Waals surface area contributed by atoms with Gasteiger partial charge in [0.2, 0.25) is 11.8 Å². The van der Waals surface area contributed by atoms with Crippen LogP contribution in [0.3, 0.4) is 0 Å². The lowest BCUT2D eigenvalue weighted by molar-refractivity contribution is -0.124. The largest absolute Gasteiger partial charge is 0.465 e. The van der Waals surface area contributed by atoms with Crippen molar-refractivity contribution in [1.29, 1.82) is 0 Å². The topological polar surface area (TPSA) is 96.3 Å². The number of carbonyl (C=O) groups excluding carboxylic acids is 4. The monoisotopic (exact) mass is 479 g/mol. The molecule has 178 valence electrons. The van der Waals surface area contributed by atoms with Crippen LogP contribution in [0, 0.1) is 11.8 Å². The molecule has 3 heterocycles. The van der Waals surface area contributed by atoms with Gasteiger partial charge in [-0.25, -0.2) is 9.69 Å². The van der Waals surface area contributed by atoms with Crippen molar-refractivity contribution in [2.24, 2.45) is 16.9 Å². The quantitative estimate of drug-likeness (QED) is 0.324. The average Bonchev–Trinajstić information content (AvgIpc) is 3.40. The number of carbonyl (C=O) groups is 4. The summed E-state index contributed by atoms with van der Waals surface area (Å²) in [4.78, 5) is 55.3. The number of Topliss-reactive ketones (excluding diaryl/α,β-unsaturated/α-hetero) is 1. The summed E-state index contributed by atoms with van der Waals surface area (Å²) in [6.45, 7) is 0. The second kappa shape index (κ2) is 8.27. The number of anilines is 1. The molecule has 0 radical (unpaired) electrons. The van der Waals surface area contributed by atoms with Gasteiger partial charge in [0, 0.05) is 5.56 Å². The van der Waals surface area contributed by atoms with E-state index >= 15 is 0 Å². The highest BCUT2D eigenvalue weighted by atomic mass is 16.5. The first kappa shape index (κ1) is 21.9.